The zero-order valence-electron chi connectivity index (χ0n) is 14.7. The summed E-state index contributed by atoms with van der Waals surface area (Å²) >= 11 is 6.32. The topological polar surface area (TPSA) is 91.7 Å². The van der Waals surface area contributed by atoms with Crippen LogP contribution < -0.4 is 10.1 Å². The van der Waals surface area contributed by atoms with Gasteiger partial charge in [0, 0.05) is 17.1 Å². The fraction of sp³-hybridized carbons (Fsp3) is 0.474. The van der Waals surface area contributed by atoms with Crippen LogP contribution in [-0.2, 0) is 4.79 Å². The van der Waals surface area contributed by atoms with Crippen molar-refractivity contribution in [3.63, 3.8) is 0 Å². The lowest BCUT2D eigenvalue weighted by Gasteiger charge is -2.34. The van der Waals surface area contributed by atoms with Gasteiger partial charge in [0.05, 0.1) is 29.2 Å². The van der Waals surface area contributed by atoms with Crippen molar-refractivity contribution in [2.45, 2.75) is 31.8 Å². The number of benzene rings is 1. The van der Waals surface area contributed by atoms with Crippen LogP contribution in [0.3, 0.4) is 0 Å². The summed E-state index contributed by atoms with van der Waals surface area (Å²) in [4.78, 5) is 16.1. The van der Waals surface area contributed by atoms with E-state index in [1.165, 1.54) is 6.20 Å². The number of carboxylic acid groups (broad SMARTS) is 1. The molecule has 0 radical (unpaired) electrons. The Morgan fingerprint density at radius 1 is 1.42 bits per heavy atom. The molecule has 1 aliphatic rings. The summed E-state index contributed by atoms with van der Waals surface area (Å²) in [6.07, 6.45) is 2.50. The van der Waals surface area contributed by atoms with E-state index in [9.17, 15) is 15.0 Å². The van der Waals surface area contributed by atoms with Crippen molar-refractivity contribution in [3.05, 3.63) is 35.0 Å². The minimum absolute atomic E-state index is 0.322. The monoisotopic (exact) mass is 378 g/mol. The van der Waals surface area contributed by atoms with E-state index in [2.05, 4.69) is 10.3 Å². The maximum atomic E-state index is 11.8. The van der Waals surface area contributed by atoms with Crippen molar-refractivity contribution in [3.8, 4) is 5.75 Å². The van der Waals surface area contributed by atoms with Gasteiger partial charge in [-0.25, -0.2) is 0 Å². The number of aromatic nitrogens is 1. The van der Waals surface area contributed by atoms with Gasteiger partial charge in [0.25, 0.3) is 0 Å². The average Bonchev–Trinajstić information content (AvgIpc) is 2.66. The predicted octanol–water partition coefficient (Wildman–Crippen LogP) is 3.16. The van der Waals surface area contributed by atoms with E-state index in [0.717, 1.165) is 5.39 Å². The number of ether oxygens (including phenoxy) is 1. The number of carbonyl (C=O) groups is 1. The molecule has 0 aliphatic carbocycles. The number of aliphatic carboxylic acids is 1. The van der Waals surface area contributed by atoms with E-state index in [1.807, 2.05) is 6.07 Å². The standard InChI is InChI=1S/C19H23ClN2O4/c1-26-12-2-3-15-13(10-12)17(14(20)11-22-15)16(23)4-5-19(18(24)25)6-8-21-9-7-19/h2-3,10-11,16,21,23H,4-9H2,1H3,(H,24,25)/t16-/m0/s1. The van der Waals surface area contributed by atoms with Crippen LogP contribution in [-0.4, -0.2) is 41.4 Å². The predicted molar refractivity (Wildman–Crippen MR) is 99.7 cm³/mol. The lowest BCUT2D eigenvalue weighted by atomic mass is 9.74. The van der Waals surface area contributed by atoms with Crippen molar-refractivity contribution < 1.29 is 19.7 Å². The summed E-state index contributed by atoms with van der Waals surface area (Å²) < 4.78 is 5.26. The molecule has 1 aliphatic heterocycles. The number of aliphatic hydroxyl groups excluding tert-OH is 1. The molecule has 0 unspecified atom stereocenters. The van der Waals surface area contributed by atoms with Gasteiger partial charge in [0.15, 0.2) is 0 Å². The molecule has 3 N–H and O–H groups in total. The van der Waals surface area contributed by atoms with E-state index < -0.39 is 17.5 Å². The fourth-order valence-corrected chi connectivity index (χ4v) is 3.94. The van der Waals surface area contributed by atoms with Crippen LogP contribution in [0.2, 0.25) is 5.02 Å². The zero-order chi connectivity index (χ0) is 18.7. The largest absolute Gasteiger partial charge is 0.497 e. The minimum Gasteiger partial charge on any atom is -0.497 e. The van der Waals surface area contributed by atoms with Crippen molar-refractivity contribution in [1.29, 1.82) is 0 Å². The van der Waals surface area contributed by atoms with E-state index in [1.54, 1.807) is 19.2 Å². The number of hydrogen-bond donors (Lipinski definition) is 3. The van der Waals surface area contributed by atoms with Crippen LogP contribution in [0.5, 0.6) is 5.75 Å². The number of piperidine rings is 1. The van der Waals surface area contributed by atoms with Crippen LogP contribution in [0.25, 0.3) is 10.9 Å². The van der Waals surface area contributed by atoms with Gasteiger partial charge in [0.1, 0.15) is 5.75 Å². The first-order valence-electron chi connectivity index (χ1n) is 8.71. The molecular formula is C19H23ClN2O4. The van der Waals surface area contributed by atoms with Crippen molar-refractivity contribution in [2.24, 2.45) is 5.41 Å². The molecule has 2 aromatic rings. The molecule has 1 fully saturated rings. The first-order chi connectivity index (χ1) is 12.5. The second-order valence-corrected chi connectivity index (χ2v) is 7.20. The highest BCUT2D eigenvalue weighted by Gasteiger charge is 2.39. The summed E-state index contributed by atoms with van der Waals surface area (Å²) in [7, 11) is 1.57. The third-order valence-corrected chi connectivity index (χ3v) is 5.61. The highest BCUT2D eigenvalue weighted by atomic mass is 35.5. The number of methoxy groups -OCH3 is 1. The van der Waals surface area contributed by atoms with Crippen molar-refractivity contribution >= 4 is 28.5 Å². The zero-order valence-corrected chi connectivity index (χ0v) is 15.4. The van der Waals surface area contributed by atoms with Gasteiger partial charge >= 0.3 is 5.97 Å². The number of pyridine rings is 1. The number of fused-ring (bicyclic) bond motifs is 1. The Morgan fingerprint density at radius 2 is 2.15 bits per heavy atom. The third kappa shape index (κ3) is 3.63. The molecule has 0 amide bonds. The SMILES string of the molecule is COc1ccc2ncc(Cl)c([C@@H](O)CCC3(C(=O)O)CCNCC3)c2c1. The molecule has 1 aromatic carbocycles. The Balaban J connectivity index is 1.88. The Kier molecular flexibility index (Phi) is 5.65. The number of nitrogens with one attached hydrogen (secondary N) is 1. The highest BCUT2D eigenvalue weighted by Crippen LogP contribution is 2.39. The number of halogens is 1. The summed E-state index contributed by atoms with van der Waals surface area (Å²) in [5.74, 6) is -0.145. The lowest BCUT2D eigenvalue weighted by Crippen LogP contribution is -2.42. The molecule has 2 heterocycles. The van der Waals surface area contributed by atoms with Gasteiger partial charge in [-0.1, -0.05) is 11.6 Å². The smallest absolute Gasteiger partial charge is 0.309 e. The van der Waals surface area contributed by atoms with E-state index in [0.29, 0.717) is 60.6 Å². The number of carboxylic acids is 1. The molecule has 26 heavy (non-hydrogen) atoms. The maximum absolute atomic E-state index is 11.8. The van der Waals surface area contributed by atoms with E-state index in [-0.39, 0.29) is 0 Å². The first kappa shape index (κ1) is 18.9. The summed E-state index contributed by atoms with van der Waals surface area (Å²) in [6, 6.07) is 5.41. The Labute approximate surface area is 157 Å². The molecule has 1 saturated heterocycles. The molecule has 0 bridgehead atoms. The quantitative estimate of drug-likeness (QED) is 0.715. The average molecular weight is 379 g/mol. The van der Waals surface area contributed by atoms with Crippen LogP contribution in [0.1, 0.15) is 37.4 Å². The maximum Gasteiger partial charge on any atom is 0.309 e. The van der Waals surface area contributed by atoms with Crippen LogP contribution in [0.4, 0.5) is 0 Å². The van der Waals surface area contributed by atoms with Crippen LogP contribution in [0.15, 0.2) is 24.4 Å². The van der Waals surface area contributed by atoms with Gasteiger partial charge < -0.3 is 20.3 Å². The second-order valence-electron chi connectivity index (χ2n) is 6.79. The van der Waals surface area contributed by atoms with Gasteiger partial charge in [-0.05, 0) is 57.0 Å². The molecule has 7 heteroatoms. The molecule has 1 atom stereocenters. The molecule has 6 nitrogen and oxygen atoms in total. The lowest BCUT2D eigenvalue weighted by molar-refractivity contribution is -0.151. The van der Waals surface area contributed by atoms with Gasteiger partial charge in [-0.3, -0.25) is 9.78 Å². The van der Waals surface area contributed by atoms with Crippen LogP contribution >= 0.6 is 11.6 Å². The number of hydrogen-bond acceptors (Lipinski definition) is 5. The van der Waals surface area contributed by atoms with Crippen LogP contribution in [0, 0.1) is 5.41 Å². The van der Waals surface area contributed by atoms with Gasteiger partial charge in [-0.15, -0.1) is 0 Å². The molecule has 140 valence electrons. The van der Waals surface area contributed by atoms with Gasteiger partial charge in [-0.2, -0.15) is 0 Å². The number of aliphatic hydroxyl groups is 1. The normalized spacial score (nSPS) is 17.8. The van der Waals surface area contributed by atoms with Crippen molar-refractivity contribution in [2.75, 3.05) is 20.2 Å². The Bertz CT molecular complexity index is 805. The highest BCUT2D eigenvalue weighted by molar-refractivity contribution is 6.32. The summed E-state index contributed by atoms with van der Waals surface area (Å²) in [5, 5.41) is 24.8. The minimum atomic E-state index is -0.869. The Hall–Kier alpha value is -1.89. The molecule has 0 spiro atoms. The molecule has 1 aromatic heterocycles. The third-order valence-electron chi connectivity index (χ3n) is 5.31. The van der Waals surface area contributed by atoms with E-state index >= 15 is 0 Å². The second kappa shape index (κ2) is 7.78. The molecule has 0 saturated carbocycles. The van der Waals surface area contributed by atoms with E-state index in [4.69, 9.17) is 16.3 Å². The first-order valence-corrected chi connectivity index (χ1v) is 9.09. The summed E-state index contributed by atoms with van der Waals surface area (Å²) in [5.41, 5.74) is 0.489. The number of nitrogens with zero attached hydrogens (tertiary/aromatic N) is 1. The molecule has 3 rings (SSSR count). The Morgan fingerprint density at radius 3 is 2.81 bits per heavy atom. The van der Waals surface area contributed by atoms with Crippen molar-refractivity contribution in [1.82, 2.24) is 10.3 Å². The van der Waals surface area contributed by atoms with Gasteiger partial charge in [0.2, 0.25) is 0 Å². The number of rotatable bonds is 6. The molecular weight excluding hydrogens is 356 g/mol. The summed E-state index contributed by atoms with van der Waals surface area (Å²) in [6.45, 7) is 1.36. The fourth-order valence-electron chi connectivity index (χ4n) is 3.67.